The van der Waals surface area contributed by atoms with Crippen molar-refractivity contribution in [3.63, 3.8) is 0 Å². The van der Waals surface area contributed by atoms with Crippen LogP contribution in [0.4, 0.5) is 25.2 Å². The molecular formula is C12H30F6NP3. The predicted molar refractivity (Wildman–Crippen MR) is 92.8 cm³/mol. The molecule has 0 fully saturated rings. The third kappa shape index (κ3) is 13.1. The first-order valence-corrected chi connectivity index (χ1v) is 14.2. The third-order valence-electron chi connectivity index (χ3n) is 3.91. The Hall–Kier alpha value is 0.580. The topological polar surface area (TPSA) is 14.1 Å². The number of nitrogens with zero attached hydrogens (tertiary/aromatic N) is 1. The van der Waals surface area contributed by atoms with Crippen LogP contribution in [0.25, 0.3) is 0 Å². The predicted octanol–water partition coefficient (Wildman–Crippen LogP) is 7.96. The zero-order valence-corrected chi connectivity index (χ0v) is 17.0. The zero-order chi connectivity index (χ0) is 18.4. The van der Waals surface area contributed by atoms with Crippen molar-refractivity contribution < 1.29 is 25.2 Å². The van der Waals surface area contributed by atoms with Gasteiger partial charge in [0.2, 0.25) is 14.1 Å². The van der Waals surface area contributed by atoms with E-state index in [9.17, 15) is 25.2 Å². The average molecular weight is 395 g/mol. The van der Waals surface area contributed by atoms with Gasteiger partial charge in [-0.2, -0.15) is 4.17 Å². The van der Waals surface area contributed by atoms with Gasteiger partial charge in [0, 0.05) is 37.0 Å². The minimum absolute atomic E-state index is 0.936. The summed E-state index contributed by atoms with van der Waals surface area (Å²) in [6.45, 7) is 14.1. The molecule has 0 radical (unpaired) electrons. The van der Waals surface area contributed by atoms with E-state index in [0.29, 0.717) is 0 Å². The van der Waals surface area contributed by atoms with E-state index in [1.807, 2.05) is 0 Å². The summed E-state index contributed by atoms with van der Waals surface area (Å²) in [6, 6.07) is 0. The SMILES string of the molecule is CCP(CC)(CC)=[N+]=P(CC)(CC)CC.F[P-](F)(F)(F)(F)F. The van der Waals surface area contributed by atoms with Crippen molar-refractivity contribution in [2.24, 2.45) is 0 Å². The fourth-order valence-electron chi connectivity index (χ4n) is 2.12. The molecule has 0 aliphatic heterocycles. The summed E-state index contributed by atoms with van der Waals surface area (Å²) in [5.41, 5.74) is 0. The van der Waals surface area contributed by atoms with Gasteiger partial charge in [-0.15, -0.1) is 0 Å². The van der Waals surface area contributed by atoms with Gasteiger partial charge in [-0.3, -0.25) is 0 Å². The molecule has 0 unspecified atom stereocenters. The summed E-state index contributed by atoms with van der Waals surface area (Å²) >= 11 is 0. The summed E-state index contributed by atoms with van der Waals surface area (Å²) in [5.74, 6) is 0. The maximum absolute atomic E-state index is 10.7. The molecule has 0 aliphatic carbocycles. The average Bonchev–Trinajstić information content (AvgIpc) is 2.38. The second-order valence-electron chi connectivity index (χ2n) is 5.14. The van der Waals surface area contributed by atoms with E-state index in [0.717, 1.165) is 0 Å². The Kier molecular flexibility index (Phi) is 8.63. The fourth-order valence-corrected chi connectivity index (χ4v) is 11.1. The van der Waals surface area contributed by atoms with E-state index in [1.54, 1.807) is 0 Å². The van der Waals surface area contributed by atoms with Crippen LogP contribution < -0.4 is 4.17 Å². The normalized spacial score (nSPS) is 16.0. The Balaban J connectivity index is 0. The molecule has 10 heteroatoms. The summed E-state index contributed by atoms with van der Waals surface area (Å²) < 4.78 is 64.7. The van der Waals surface area contributed by atoms with Crippen LogP contribution in [0.1, 0.15) is 41.5 Å². The van der Waals surface area contributed by atoms with E-state index in [4.69, 9.17) is 4.17 Å². The van der Waals surface area contributed by atoms with Crippen molar-refractivity contribution in [3.05, 3.63) is 0 Å². The van der Waals surface area contributed by atoms with Gasteiger partial charge in [0.25, 0.3) is 0 Å². The molecule has 0 aromatic heterocycles. The standard InChI is InChI=1S/C12H30NP2.F6P/c1-7-14(8-2,9-3)13-15(10-4,11-5)12-6;1-7(2,3,4,5)6/h7-12H2,1-6H3;/q+1;-1. The van der Waals surface area contributed by atoms with Crippen molar-refractivity contribution >= 4 is 21.9 Å². The van der Waals surface area contributed by atoms with Crippen LogP contribution in [0.5, 0.6) is 0 Å². The molecule has 0 bridgehead atoms. The number of hydrogen-bond acceptors (Lipinski definition) is 0. The summed E-state index contributed by atoms with van der Waals surface area (Å²) in [7, 11) is -12.5. The van der Waals surface area contributed by atoms with Gasteiger partial charge in [0.15, 0.2) is 0 Å². The van der Waals surface area contributed by atoms with Crippen molar-refractivity contribution in [2.45, 2.75) is 41.5 Å². The van der Waals surface area contributed by atoms with Crippen molar-refractivity contribution in [1.29, 1.82) is 0 Å². The van der Waals surface area contributed by atoms with Gasteiger partial charge in [-0.25, -0.2) is 0 Å². The third-order valence-corrected chi connectivity index (χ3v) is 14.0. The first-order chi connectivity index (χ1) is 9.52. The van der Waals surface area contributed by atoms with Crippen molar-refractivity contribution in [2.75, 3.05) is 37.0 Å². The van der Waals surface area contributed by atoms with E-state index < -0.39 is 21.9 Å². The van der Waals surface area contributed by atoms with E-state index in [-0.39, 0.29) is 0 Å². The number of rotatable bonds is 6. The Morgan fingerprint density at radius 2 is 0.682 bits per heavy atom. The fraction of sp³-hybridized carbons (Fsp3) is 1.00. The molecule has 0 saturated carbocycles. The van der Waals surface area contributed by atoms with Gasteiger partial charge in [-0.1, -0.05) is 41.5 Å². The van der Waals surface area contributed by atoms with Crippen LogP contribution in [0, 0.1) is 0 Å². The Morgan fingerprint density at radius 1 is 0.545 bits per heavy atom. The molecular weight excluding hydrogens is 365 g/mol. The van der Waals surface area contributed by atoms with Crippen LogP contribution >= 0.6 is 21.9 Å². The molecule has 1 nitrogen and oxygen atoms in total. The molecule has 0 heterocycles. The molecule has 0 atom stereocenters. The van der Waals surface area contributed by atoms with Crippen LogP contribution in [-0.4, -0.2) is 37.0 Å². The van der Waals surface area contributed by atoms with Crippen LogP contribution in [0.2, 0.25) is 0 Å². The molecule has 0 N–H and O–H groups in total. The molecule has 0 aromatic carbocycles. The minimum atomic E-state index is -10.7. The Morgan fingerprint density at radius 3 is 0.773 bits per heavy atom. The number of halogens is 6. The second kappa shape index (κ2) is 7.64. The van der Waals surface area contributed by atoms with Crippen molar-refractivity contribution in [1.82, 2.24) is 4.17 Å². The second-order valence-corrected chi connectivity index (χ2v) is 15.9. The zero-order valence-electron chi connectivity index (χ0n) is 14.3. The van der Waals surface area contributed by atoms with Crippen LogP contribution in [-0.2, 0) is 0 Å². The molecule has 0 amide bonds. The molecule has 0 rings (SSSR count). The molecule has 0 saturated heterocycles. The van der Waals surface area contributed by atoms with E-state index in [1.165, 1.54) is 37.0 Å². The summed E-state index contributed by atoms with van der Waals surface area (Å²) in [6.07, 6.45) is 7.93. The molecule has 0 aliphatic rings. The first-order valence-electron chi connectivity index (χ1n) is 7.55. The number of hydrogen-bond donors (Lipinski definition) is 0. The molecule has 0 aromatic rings. The van der Waals surface area contributed by atoms with Crippen molar-refractivity contribution in [3.8, 4) is 0 Å². The van der Waals surface area contributed by atoms with Gasteiger partial charge in [0.1, 0.15) is 0 Å². The summed E-state index contributed by atoms with van der Waals surface area (Å²) in [4.78, 5) is 0. The van der Waals surface area contributed by atoms with Gasteiger partial charge < -0.3 is 0 Å². The maximum atomic E-state index is 9.87. The van der Waals surface area contributed by atoms with E-state index >= 15 is 0 Å². The monoisotopic (exact) mass is 395 g/mol. The van der Waals surface area contributed by atoms with Crippen LogP contribution in [0.15, 0.2) is 0 Å². The molecule has 0 spiro atoms. The molecule has 140 valence electrons. The van der Waals surface area contributed by atoms with Gasteiger partial charge in [-0.05, 0) is 0 Å². The quantitative estimate of drug-likeness (QED) is 0.246. The first kappa shape index (κ1) is 24.8. The van der Waals surface area contributed by atoms with Crippen LogP contribution in [0.3, 0.4) is 0 Å². The Labute approximate surface area is 130 Å². The Bertz CT molecular complexity index is 386. The van der Waals surface area contributed by atoms with Gasteiger partial charge in [0.05, 0.1) is 0 Å². The molecule has 22 heavy (non-hydrogen) atoms. The van der Waals surface area contributed by atoms with E-state index in [2.05, 4.69) is 41.5 Å². The van der Waals surface area contributed by atoms with Gasteiger partial charge >= 0.3 is 33.0 Å². The summed E-state index contributed by atoms with van der Waals surface area (Å²) in [5, 5.41) is 0.